The summed E-state index contributed by atoms with van der Waals surface area (Å²) in [7, 11) is 1.68. The fourth-order valence-corrected chi connectivity index (χ4v) is 9.60. The minimum absolute atomic E-state index is 0.121. The van der Waals surface area contributed by atoms with Gasteiger partial charge in [-0.1, -0.05) is 103 Å². The molecule has 3 aliphatic rings. The van der Waals surface area contributed by atoms with E-state index in [1.54, 1.807) is 29.0 Å². The summed E-state index contributed by atoms with van der Waals surface area (Å²) in [5.74, 6) is -3.91. The summed E-state index contributed by atoms with van der Waals surface area (Å²) in [5.41, 5.74) is -0.0687. The van der Waals surface area contributed by atoms with Gasteiger partial charge in [-0.15, -0.1) is 13.2 Å². The zero-order chi connectivity index (χ0) is 38.9. The van der Waals surface area contributed by atoms with E-state index >= 15 is 4.79 Å². The lowest BCUT2D eigenvalue weighted by Gasteiger charge is -2.40. The van der Waals surface area contributed by atoms with Crippen molar-refractivity contribution in [3.8, 4) is 0 Å². The van der Waals surface area contributed by atoms with Crippen LogP contribution in [0.4, 0.5) is 5.69 Å². The second kappa shape index (κ2) is 16.2. The Morgan fingerprint density at radius 2 is 1.72 bits per heavy atom. The first-order valence-corrected chi connectivity index (χ1v) is 19.6. The predicted octanol–water partition coefficient (Wildman–Crippen LogP) is 6.22. The number of likely N-dealkylation sites (tertiary alicyclic amines) is 1. The van der Waals surface area contributed by atoms with Crippen molar-refractivity contribution in [1.82, 2.24) is 9.80 Å². The molecule has 1 spiro atoms. The number of aliphatic hydroxyl groups is 1. The van der Waals surface area contributed by atoms with Gasteiger partial charge in [-0.2, -0.15) is 0 Å². The highest BCUT2D eigenvalue weighted by molar-refractivity contribution is 9.09. The average Bonchev–Trinajstić information content (AvgIpc) is 3.77. The number of benzene rings is 3. The molecule has 10 nitrogen and oxygen atoms in total. The van der Waals surface area contributed by atoms with Crippen LogP contribution in [-0.2, 0) is 28.7 Å². The Hall–Kier alpha value is -4.32. The summed E-state index contributed by atoms with van der Waals surface area (Å²) in [5, 5.41) is 12.7. The van der Waals surface area contributed by atoms with Crippen molar-refractivity contribution >= 4 is 56.1 Å². The molecule has 1 N–H and O–H groups in total. The number of hydrogen-bond donors (Lipinski definition) is 1. The van der Waals surface area contributed by atoms with Crippen molar-refractivity contribution in [2.24, 2.45) is 17.8 Å². The first-order valence-electron chi connectivity index (χ1n) is 18.7. The van der Waals surface area contributed by atoms with Crippen LogP contribution in [0.5, 0.6) is 0 Å². The molecule has 0 saturated carbocycles. The highest BCUT2D eigenvalue weighted by atomic mass is 79.9. The Bertz CT molecular complexity index is 1900. The molecular weight excluding hydrogens is 750 g/mol. The van der Waals surface area contributed by atoms with Crippen LogP contribution < -0.4 is 4.90 Å². The van der Waals surface area contributed by atoms with Crippen LogP contribution >= 0.6 is 15.9 Å². The van der Waals surface area contributed by atoms with Crippen LogP contribution in [0.2, 0.25) is 0 Å². The van der Waals surface area contributed by atoms with Crippen molar-refractivity contribution in [3.05, 3.63) is 104 Å². The lowest BCUT2D eigenvalue weighted by atomic mass is 9.70. The van der Waals surface area contributed by atoms with Gasteiger partial charge < -0.3 is 29.3 Å². The summed E-state index contributed by atoms with van der Waals surface area (Å²) < 4.78 is 13.2. The average molecular weight is 801 g/mol. The fraction of sp³-hybridized carbons (Fsp3) is 0.442. The number of hydrogen-bond acceptors (Lipinski definition) is 7. The summed E-state index contributed by atoms with van der Waals surface area (Å²) in [6, 6.07) is 20.4. The zero-order valence-electron chi connectivity index (χ0n) is 31.3. The first kappa shape index (κ1) is 39.4. The van der Waals surface area contributed by atoms with Gasteiger partial charge in [-0.05, 0) is 54.2 Å². The van der Waals surface area contributed by atoms with Crippen LogP contribution in [0.3, 0.4) is 0 Å². The molecule has 6 rings (SSSR count). The number of carbonyl (C=O) groups excluding carboxylic acids is 4. The first-order chi connectivity index (χ1) is 25.9. The van der Waals surface area contributed by atoms with Crippen LogP contribution in [0.25, 0.3) is 10.8 Å². The van der Waals surface area contributed by atoms with Crippen molar-refractivity contribution in [1.29, 1.82) is 0 Å². The van der Waals surface area contributed by atoms with E-state index in [0.717, 1.165) is 10.8 Å². The number of anilines is 1. The number of halogens is 1. The van der Waals surface area contributed by atoms with Gasteiger partial charge in [0.15, 0.2) is 0 Å². The number of rotatable bonds is 15. The molecule has 3 saturated heterocycles. The second-order valence-corrected chi connectivity index (χ2v) is 16.2. The largest absolute Gasteiger partial charge is 0.455 e. The van der Waals surface area contributed by atoms with Crippen LogP contribution in [-0.4, -0.2) is 93.5 Å². The maximum atomic E-state index is 15.2. The molecule has 3 aliphatic heterocycles. The number of aliphatic hydroxyl groups excluding tert-OH is 1. The van der Waals surface area contributed by atoms with Gasteiger partial charge in [-0.25, -0.2) is 0 Å². The molecular formula is C43H50BrN3O7. The zero-order valence-corrected chi connectivity index (χ0v) is 32.9. The number of esters is 1. The molecule has 0 aliphatic carbocycles. The van der Waals surface area contributed by atoms with Crippen molar-refractivity contribution in [2.45, 2.75) is 80.8 Å². The molecule has 0 aromatic heterocycles. The van der Waals surface area contributed by atoms with E-state index in [9.17, 15) is 19.5 Å². The summed E-state index contributed by atoms with van der Waals surface area (Å²) in [6.45, 7) is 13.0. The second-order valence-electron chi connectivity index (χ2n) is 15.0. The third-order valence-electron chi connectivity index (χ3n) is 11.5. The molecule has 54 heavy (non-hydrogen) atoms. The minimum atomic E-state index is -1.39. The molecule has 3 heterocycles. The molecule has 3 fully saturated rings. The van der Waals surface area contributed by atoms with E-state index in [0.29, 0.717) is 24.1 Å². The van der Waals surface area contributed by atoms with Gasteiger partial charge in [0.1, 0.15) is 17.7 Å². The number of allylic oxidation sites excluding steroid dienone is 1. The minimum Gasteiger partial charge on any atom is -0.455 e. The molecule has 286 valence electrons. The summed E-state index contributed by atoms with van der Waals surface area (Å²) in [6.07, 6.45) is 2.77. The Morgan fingerprint density at radius 3 is 2.37 bits per heavy atom. The van der Waals surface area contributed by atoms with Gasteiger partial charge in [0, 0.05) is 30.5 Å². The summed E-state index contributed by atoms with van der Waals surface area (Å²) >= 11 is 3.77. The maximum Gasteiger partial charge on any atom is 0.313 e. The fourth-order valence-electron chi connectivity index (χ4n) is 8.66. The van der Waals surface area contributed by atoms with E-state index in [2.05, 4.69) is 29.1 Å². The van der Waals surface area contributed by atoms with Gasteiger partial charge in [0.05, 0.1) is 36.6 Å². The molecule has 0 radical (unpaired) electrons. The third kappa shape index (κ3) is 6.90. The number of likely N-dealkylation sites (N-methyl/N-ethyl adjacent to an activating group) is 1. The predicted molar refractivity (Wildman–Crippen MR) is 212 cm³/mol. The molecule has 3 aromatic rings. The molecule has 3 amide bonds. The number of carbonyl (C=O) groups is 4. The molecule has 11 heteroatoms. The van der Waals surface area contributed by atoms with E-state index < -0.39 is 59.6 Å². The summed E-state index contributed by atoms with van der Waals surface area (Å²) in [4.78, 5) is 62.2. The Morgan fingerprint density at radius 1 is 1.04 bits per heavy atom. The van der Waals surface area contributed by atoms with Crippen molar-refractivity contribution in [3.63, 3.8) is 0 Å². The maximum absolute atomic E-state index is 15.2. The van der Waals surface area contributed by atoms with E-state index in [4.69, 9.17) is 9.47 Å². The number of alkyl halides is 1. The Labute approximate surface area is 325 Å². The number of fused-ring (bicyclic) bond motifs is 2. The Balaban J connectivity index is 1.40. The third-order valence-corrected chi connectivity index (χ3v) is 12.4. The number of ether oxygens (including phenoxy) is 2. The van der Waals surface area contributed by atoms with Gasteiger partial charge in [0.2, 0.25) is 11.8 Å². The number of amides is 3. The highest BCUT2D eigenvalue weighted by Gasteiger charge is 2.78. The van der Waals surface area contributed by atoms with Crippen LogP contribution in [0, 0.1) is 17.8 Å². The van der Waals surface area contributed by atoms with Crippen LogP contribution in [0.15, 0.2) is 98.1 Å². The molecule has 2 bridgehead atoms. The smallest absolute Gasteiger partial charge is 0.313 e. The highest BCUT2D eigenvalue weighted by Crippen LogP contribution is 2.61. The molecule has 1 unspecified atom stereocenters. The van der Waals surface area contributed by atoms with Crippen molar-refractivity contribution < 1.29 is 33.8 Å². The van der Waals surface area contributed by atoms with E-state index in [-0.39, 0.29) is 42.1 Å². The molecule has 9 atom stereocenters. The number of nitrogens with zero attached hydrogens (tertiary/aromatic N) is 3. The topological polar surface area (TPSA) is 117 Å². The SMILES string of the molecule is C=CCCC(=O)N(C)[C@H](C)[C@H](OC(=O)[C@H]1[C@@H]2O[C@@]3(CC2Br)[C@@H]1C(=O)N([C@@H](CO)C(C)C)[C@@H]3C(=O)N(CC=C)c1ccc2ccccc2c1)c1ccccc1. The monoisotopic (exact) mass is 799 g/mol. The quantitative estimate of drug-likeness (QED) is 0.110. The van der Waals surface area contributed by atoms with Gasteiger partial charge in [-0.3, -0.25) is 19.2 Å². The van der Waals surface area contributed by atoms with Crippen LogP contribution in [0.1, 0.15) is 51.7 Å². The van der Waals surface area contributed by atoms with Gasteiger partial charge in [0.25, 0.3) is 5.91 Å². The van der Waals surface area contributed by atoms with Gasteiger partial charge >= 0.3 is 5.97 Å². The standard InChI is InChI=1S/C43H50BrN3O7/c1-7-9-19-34(49)45(6)27(5)37(29-16-11-10-12-17-29)53-42(52)35-36-40(50)47(33(25-48)26(3)4)39(43(36)24-32(44)38(35)54-43)41(51)46(22-8-2)31-21-20-28-15-13-14-18-30(28)23-31/h7-8,10-18,20-21,23,26-27,32-33,35-39,48H,1-2,9,19,22,24-25H2,3-6H3/t27-,32?,33+,35-,36+,37+,38-,39-,43+/m1/s1. The van der Waals surface area contributed by atoms with E-state index in [1.807, 2.05) is 93.6 Å². The van der Waals surface area contributed by atoms with E-state index in [1.165, 1.54) is 4.90 Å². The van der Waals surface area contributed by atoms with Crippen molar-refractivity contribution in [2.75, 3.05) is 25.1 Å². The lowest BCUT2D eigenvalue weighted by molar-refractivity contribution is -0.165. The normalized spacial score (nSPS) is 25.9. The lowest BCUT2D eigenvalue weighted by Crippen LogP contribution is -2.60. The Kier molecular flexibility index (Phi) is 11.8. The molecule has 3 aromatic carbocycles.